The van der Waals surface area contributed by atoms with Crippen molar-refractivity contribution >= 4 is 0 Å². The molecule has 0 saturated carbocycles. The highest BCUT2D eigenvalue weighted by Crippen LogP contribution is 1.88. The number of hydrogen-bond donors (Lipinski definition) is 1. The van der Waals surface area contributed by atoms with Crippen LogP contribution >= 0.6 is 0 Å². The smallest absolute Gasteiger partial charge is 0.0319 e. The van der Waals surface area contributed by atoms with Crippen LogP contribution in [0.3, 0.4) is 0 Å². The molecule has 0 aliphatic carbocycles. The molecule has 0 spiro atoms. The minimum absolute atomic E-state index is 0.941. The van der Waals surface area contributed by atoms with Crippen LogP contribution in [0.15, 0.2) is 0 Å². The van der Waals surface area contributed by atoms with Crippen LogP contribution < -0.4 is 0 Å². The van der Waals surface area contributed by atoms with Crippen molar-refractivity contribution in [2.75, 3.05) is 7.11 Å². The van der Waals surface area contributed by atoms with Gasteiger partial charge in [-0.15, -0.1) is 12.3 Å². The van der Waals surface area contributed by atoms with Crippen molar-refractivity contribution in [3.05, 3.63) is 0 Å². The Bertz CT molecular complexity index is 51.9. The normalized spacial score (nSPS) is 6.25. The lowest BCUT2D eigenvalue weighted by atomic mass is 10.3. The van der Waals surface area contributed by atoms with E-state index in [1.807, 2.05) is 0 Å². The van der Waals surface area contributed by atoms with E-state index in [1.54, 1.807) is 0 Å². The second-order valence-corrected chi connectivity index (χ2v) is 1.31. The maximum Gasteiger partial charge on any atom is 0.0319 e. The minimum atomic E-state index is 0.941. The van der Waals surface area contributed by atoms with Crippen LogP contribution in [-0.4, -0.2) is 12.2 Å². The quantitative estimate of drug-likeness (QED) is 0.425. The van der Waals surface area contributed by atoms with Gasteiger partial charge >= 0.3 is 0 Å². The largest absolute Gasteiger partial charge is 0.400 e. The summed E-state index contributed by atoms with van der Waals surface area (Å²) >= 11 is 0. The maximum absolute atomic E-state index is 7.00. The molecule has 0 amide bonds. The molecule has 48 valence electrons. The first-order valence-corrected chi connectivity index (χ1v) is 2.80. The van der Waals surface area contributed by atoms with Gasteiger partial charge in [-0.05, 0) is 6.42 Å². The van der Waals surface area contributed by atoms with Crippen LogP contribution in [0, 0.1) is 12.3 Å². The van der Waals surface area contributed by atoms with Gasteiger partial charge in [0.25, 0.3) is 0 Å². The molecule has 0 fully saturated rings. The first-order chi connectivity index (χ1) is 3.91. The molecule has 0 aromatic heterocycles. The van der Waals surface area contributed by atoms with Crippen LogP contribution in [0.1, 0.15) is 26.2 Å². The Hall–Kier alpha value is -0.480. The number of unbranched alkanes of at least 4 members (excludes halogenated alkanes) is 2. The van der Waals surface area contributed by atoms with E-state index in [4.69, 9.17) is 11.5 Å². The third kappa shape index (κ3) is 17.8. The van der Waals surface area contributed by atoms with Crippen molar-refractivity contribution in [3.63, 3.8) is 0 Å². The molecule has 1 heteroatoms. The fourth-order valence-electron chi connectivity index (χ4n) is 0.279. The van der Waals surface area contributed by atoms with Crippen molar-refractivity contribution in [1.29, 1.82) is 0 Å². The zero-order valence-corrected chi connectivity index (χ0v) is 5.65. The predicted octanol–water partition coefficient (Wildman–Crippen LogP) is 1.42. The Morgan fingerprint density at radius 1 is 1.50 bits per heavy atom. The SMILES string of the molecule is C#CCCCC.CO. The van der Waals surface area contributed by atoms with Gasteiger partial charge in [0.05, 0.1) is 0 Å². The van der Waals surface area contributed by atoms with Crippen molar-refractivity contribution in [2.45, 2.75) is 26.2 Å². The first kappa shape index (κ1) is 10.5. The van der Waals surface area contributed by atoms with Crippen LogP contribution in [-0.2, 0) is 0 Å². The highest BCUT2D eigenvalue weighted by atomic mass is 16.2. The summed E-state index contributed by atoms with van der Waals surface area (Å²) in [5.74, 6) is 2.57. The lowest BCUT2D eigenvalue weighted by Crippen LogP contribution is -1.62. The van der Waals surface area contributed by atoms with Gasteiger partial charge in [0, 0.05) is 13.5 Å². The van der Waals surface area contributed by atoms with Crippen molar-refractivity contribution < 1.29 is 5.11 Å². The minimum Gasteiger partial charge on any atom is -0.400 e. The molecule has 1 nitrogen and oxygen atoms in total. The zero-order chi connectivity index (χ0) is 6.83. The molecule has 0 heterocycles. The molecular formula is C7H14O. The summed E-state index contributed by atoms with van der Waals surface area (Å²) in [5.41, 5.74) is 0. The second-order valence-electron chi connectivity index (χ2n) is 1.31. The fraction of sp³-hybridized carbons (Fsp3) is 0.714. The molecule has 0 aromatic rings. The van der Waals surface area contributed by atoms with Crippen LogP contribution in [0.4, 0.5) is 0 Å². The number of aliphatic hydroxyl groups excluding tert-OH is 1. The van der Waals surface area contributed by atoms with E-state index in [1.165, 1.54) is 12.8 Å². The summed E-state index contributed by atoms with van der Waals surface area (Å²) in [6.07, 6.45) is 8.30. The van der Waals surface area contributed by atoms with E-state index < -0.39 is 0 Å². The molecule has 0 rings (SSSR count). The third-order valence-electron chi connectivity index (χ3n) is 0.675. The van der Waals surface area contributed by atoms with E-state index in [0.717, 1.165) is 13.5 Å². The summed E-state index contributed by atoms with van der Waals surface area (Å²) < 4.78 is 0. The molecule has 0 unspecified atom stereocenters. The van der Waals surface area contributed by atoms with E-state index in [9.17, 15) is 0 Å². The topological polar surface area (TPSA) is 20.2 Å². The van der Waals surface area contributed by atoms with Crippen LogP contribution in [0.25, 0.3) is 0 Å². The summed E-state index contributed by atoms with van der Waals surface area (Å²) in [4.78, 5) is 0. The van der Waals surface area contributed by atoms with Gasteiger partial charge in [0.15, 0.2) is 0 Å². The second kappa shape index (κ2) is 16.0. The van der Waals surface area contributed by atoms with E-state index >= 15 is 0 Å². The van der Waals surface area contributed by atoms with Crippen molar-refractivity contribution in [2.24, 2.45) is 0 Å². The Kier molecular flexibility index (Phi) is 21.0. The molecule has 0 aromatic carbocycles. The Balaban J connectivity index is 0. The number of terminal acetylenes is 1. The van der Waals surface area contributed by atoms with Crippen molar-refractivity contribution in [1.82, 2.24) is 0 Å². The molecule has 1 N–H and O–H groups in total. The predicted molar refractivity (Wildman–Crippen MR) is 36.5 cm³/mol. The van der Waals surface area contributed by atoms with E-state index in [-0.39, 0.29) is 0 Å². The fourth-order valence-corrected chi connectivity index (χ4v) is 0.279. The van der Waals surface area contributed by atoms with E-state index in [2.05, 4.69) is 12.8 Å². The first-order valence-electron chi connectivity index (χ1n) is 2.80. The Morgan fingerprint density at radius 2 is 2.00 bits per heavy atom. The van der Waals surface area contributed by atoms with E-state index in [0.29, 0.717) is 0 Å². The van der Waals surface area contributed by atoms with Gasteiger partial charge in [-0.3, -0.25) is 0 Å². The summed E-state index contributed by atoms with van der Waals surface area (Å²) in [5, 5.41) is 7.00. The molecule has 0 aliphatic rings. The summed E-state index contributed by atoms with van der Waals surface area (Å²) in [7, 11) is 1.00. The van der Waals surface area contributed by atoms with Crippen LogP contribution in [0.2, 0.25) is 0 Å². The highest BCUT2D eigenvalue weighted by Gasteiger charge is 1.71. The molecule has 0 aliphatic heterocycles. The number of hydrogen-bond acceptors (Lipinski definition) is 1. The monoisotopic (exact) mass is 114 g/mol. The number of aliphatic hydroxyl groups is 1. The zero-order valence-electron chi connectivity index (χ0n) is 5.65. The summed E-state index contributed by atoms with van der Waals surface area (Å²) in [6.45, 7) is 2.14. The Labute approximate surface area is 51.7 Å². The molecule has 8 heavy (non-hydrogen) atoms. The van der Waals surface area contributed by atoms with Crippen LogP contribution in [0.5, 0.6) is 0 Å². The standard InChI is InChI=1S/C6H10.CH4O/c1-3-5-6-4-2;1-2/h1H,4-6H2,2H3;2H,1H3. The third-order valence-corrected chi connectivity index (χ3v) is 0.675. The maximum atomic E-state index is 7.00. The Morgan fingerprint density at radius 3 is 2.12 bits per heavy atom. The molecule has 0 bridgehead atoms. The van der Waals surface area contributed by atoms with Gasteiger partial charge in [-0.1, -0.05) is 13.3 Å². The lowest BCUT2D eigenvalue weighted by molar-refractivity contribution is 0.399. The average molecular weight is 114 g/mol. The lowest BCUT2D eigenvalue weighted by Gasteiger charge is -1.79. The van der Waals surface area contributed by atoms with Gasteiger partial charge in [0.1, 0.15) is 0 Å². The molecule has 0 saturated heterocycles. The van der Waals surface area contributed by atoms with Gasteiger partial charge in [-0.25, -0.2) is 0 Å². The molecular weight excluding hydrogens is 100 g/mol. The summed E-state index contributed by atoms with van der Waals surface area (Å²) in [6, 6.07) is 0. The molecule has 0 atom stereocenters. The highest BCUT2D eigenvalue weighted by molar-refractivity contribution is 4.82. The number of rotatable bonds is 2. The average Bonchev–Trinajstić information content (AvgIpc) is 1.88. The van der Waals surface area contributed by atoms with Crippen molar-refractivity contribution in [3.8, 4) is 12.3 Å². The van der Waals surface area contributed by atoms with Gasteiger partial charge in [-0.2, -0.15) is 0 Å². The van der Waals surface area contributed by atoms with Gasteiger partial charge < -0.3 is 5.11 Å². The molecule has 0 radical (unpaired) electrons. The van der Waals surface area contributed by atoms with Gasteiger partial charge in [0.2, 0.25) is 0 Å².